The minimum absolute atomic E-state index is 0.116. The molecule has 1 saturated carbocycles. The molecule has 0 bridgehead atoms. The maximum atomic E-state index is 13.5. The van der Waals surface area contributed by atoms with Gasteiger partial charge in [-0.25, -0.2) is 9.78 Å². The maximum Gasteiger partial charge on any atom is 0.408 e. The quantitative estimate of drug-likeness (QED) is 0.168. The van der Waals surface area contributed by atoms with E-state index in [1.54, 1.807) is 57.2 Å². The number of hydrogen-bond acceptors (Lipinski definition) is 8. The van der Waals surface area contributed by atoms with Gasteiger partial charge in [0.15, 0.2) is 5.13 Å². The highest BCUT2D eigenvalue weighted by Gasteiger charge is 2.25. The van der Waals surface area contributed by atoms with Crippen molar-refractivity contribution < 1.29 is 23.9 Å². The number of thiazole rings is 1. The first-order valence-electron chi connectivity index (χ1n) is 15.6. The first-order valence-corrected chi connectivity index (χ1v) is 16.4. The van der Waals surface area contributed by atoms with E-state index in [-0.39, 0.29) is 30.3 Å². The predicted molar refractivity (Wildman–Crippen MR) is 184 cm³/mol. The van der Waals surface area contributed by atoms with E-state index >= 15 is 0 Å². The Morgan fingerprint density at radius 3 is 2.43 bits per heavy atom. The molecule has 2 aliphatic carbocycles. The van der Waals surface area contributed by atoms with Gasteiger partial charge in [-0.2, -0.15) is 0 Å². The normalized spacial score (nSPS) is 15.4. The molecule has 47 heavy (non-hydrogen) atoms. The Kier molecular flexibility index (Phi) is 10.4. The molecule has 246 valence electrons. The third kappa shape index (κ3) is 9.76. The van der Waals surface area contributed by atoms with Gasteiger partial charge >= 0.3 is 6.09 Å². The lowest BCUT2D eigenvalue weighted by molar-refractivity contribution is -0.115. The summed E-state index contributed by atoms with van der Waals surface area (Å²) in [6.07, 6.45) is 10.3. The number of alkyl carbamates (subject to hydrolysis) is 1. The summed E-state index contributed by atoms with van der Waals surface area (Å²) in [6.45, 7) is 7.40. The summed E-state index contributed by atoms with van der Waals surface area (Å²) in [6, 6.07) is 12.7. The second-order valence-electron chi connectivity index (χ2n) is 12.6. The molecular formula is C35H40N6O5S. The standard InChI is InChI=1S/C35H40N6O5S/c1-21-10-11-24(31(43)39-26-16-17-26)18-27(21)40-33-41-29(30(47-33)32(44)36-19-22-8-6-5-7-9-22)23-12-14-25(15-13-23)38-28(42)20-37-34(45)46-35(2,3)4/h5-8,10-15,18,22,26H,9,16-17,19-20H2,1-4H3,(H,36,44)(H,37,45)(H,38,42)(H,39,43)(H,40,41). The molecule has 2 aromatic carbocycles. The number of nitrogens with one attached hydrogen (secondary N) is 5. The van der Waals surface area contributed by atoms with Crippen LogP contribution in [0.25, 0.3) is 11.3 Å². The number of anilines is 3. The first-order chi connectivity index (χ1) is 22.4. The lowest BCUT2D eigenvalue weighted by Crippen LogP contribution is -2.37. The molecule has 5 N–H and O–H groups in total. The summed E-state index contributed by atoms with van der Waals surface area (Å²) in [5, 5.41) is 15.1. The Bertz CT molecular complexity index is 1700. The minimum Gasteiger partial charge on any atom is -0.444 e. The highest BCUT2D eigenvalue weighted by atomic mass is 32.1. The van der Waals surface area contributed by atoms with Gasteiger partial charge in [0.05, 0.1) is 5.69 Å². The molecule has 4 amide bonds. The molecule has 0 aliphatic heterocycles. The minimum atomic E-state index is -0.679. The van der Waals surface area contributed by atoms with Crippen LogP contribution < -0.4 is 26.6 Å². The molecule has 2 aliphatic rings. The summed E-state index contributed by atoms with van der Waals surface area (Å²) >= 11 is 1.23. The summed E-state index contributed by atoms with van der Waals surface area (Å²) in [4.78, 5) is 55.8. The number of rotatable bonds is 11. The third-order valence-corrected chi connectivity index (χ3v) is 8.29. The number of carbonyl (C=O) groups excluding carboxylic acids is 4. The zero-order valence-corrected chi connectivity index (χ0v) is 27.8. The van der Waals surface area contributed by atoms with Crippen molar-refractivity contribution >= 4 is 51.7 Å². The van der Waals surface area contributed by atoms with Crippen molar-refractivity contribution in [3.05, 3.63) is 82.8 Å². The highest BCUT2D eigenvalue weighted by molar-refractivity contribution is 7.18. The van der Waals surface area contributed by atoms with E-state index in [2.05, 4.69) is 38.7 Å². The summed E-state index contributed by atoms with van der Waals surface area (Å²) < 4.78 is 5.17. The zero-order valence-electron chi connectivity index (χ0n) is 26.9. The highest BCUT2D eigenvalue weighted by Crippen LogP contribution is 2.34. The van der Waals surface area contributed by atoms with Crippen LogP contribution >= 0.6 is 11.3 Å². The molecule has 1 heterocycles. The number of hydrogen-bond donors (Lipinski definition) is 5. The van der Waals surface area contributed by atoms with Crippen LogP contribution in [0.1, 0.15) is 65.6 Å². The largest absolute Gasteiger partial charge is 0.444 e. The van der Waals surface area contributed by atoms with E-state index in [1.165, 1.54) is 11.3 Å². The molecule has 11 nitrogen and oxygen atoms in total. The summed E-state index contributed by atoms with van der Waals surface area (Å²) in [5.74, 6) is -0.570. The van der Waals surface area contributed by atoms with Crippen molar-refractivity contribution in [1.82, 2.24) is 20.9 Å². The Morgan fingerprint density at radius 1 is 0.979 bits per heavy atom. The van der Waals surface area contributed by atoms with Gasteiger partial charge in [0.25, 0.3) is 11.8 Å². The van der Waals surface area contributed by atoms with Crippen molar-refractivity contribution in [2.75, 3.05) is 23.7 Å². The molecule has 3 aromatic rings. The van der Waals surface area contributed by atoms with E-state index < -0.39 is 17.6 Å². The van der Waals surface area contributed by atoms with Crippen molar-refractivity contribution in [2.24, 2.45) is 5.92 Å². The van der Waals surface area contributed by atoms with Gasteiger partial charge in [-0.15, -0.1) is 0 Å². The van der Waals surface area contributed by atoms with Gasteiger partial charge in [-0.1, -0.05) is 53.8 Å². The number of amides is 4. The van der Waals surface area contributed by atoms with Gasteiger partial charge < -0.3 is 31.3 Å². The maximum absolute atomic E-state index is 13.5. The molecule has 5 rings (SSSR count). The Balaban J connectivity index is 1.32. The molecule has 0 spiro atoms. The van der Waals surface area contributed by atoms with Gasteiger partial charge in [0.1, 0.15) is 17.0 Å². The number of allylic oxidation sites excluding steroid dienone is 3. The van der Waals surface area contributed by atoms with E-state index in [4.69, 9.17) is 9.72 Å². The van der Waals surface area contributed by atoms with Crippen LogP contribution in [0.2, 0.25) is 0 Å². The first kappa shape index (κ1) is 33.4. The van der Waals surface area contributed by atoms with Gasteiger partial charge in [-0.3, -0.25) is 14.4 Å². The van der Waals surface area contributed by atoms with Crippen LogP contribution in [-0.4, -0.2) is 53.5 Å². The number of nitrogens with zero attached hydrogens (tertiary/aromatic N) is 1. The molecule has 1 aromatic heterocycles. The van der Waals surface area contributed by atoms with Gasteiger partial charge in [-0.05, 0) is 82.7 Å². The molecular weight excluding hydrogens is 616 g/mol. The molecule has 12 heteroatoms. The number of aryl methyl sites for hydroxylation is 1. The molecule has 1 atom stereocenters. The van der Waals surface area contributed by atoms with Gasteiger partial charge in [0.2, 0.25) is 5.91 Å². The molecule has 0 radical (unpaired) electrons. The monoisotopic (exact) mass is 656 g/mol. The average Bonchev–Trinajstić information content (AvgIpc) is 3.75. The lowest BCUT2D eigenvalue weighted by atomic mass is 10.0. The van der Waals surface area contributed by atoms with Crippen LogP contribution in [0.4, 0.5) is 21.3 Å². The fraction of sp³-hybridized carbons (Fsp3) is 0.343. The molecule has 1 unspecified atom stereocenters. The summed E-state index contributed by atoms with van der Waals surface area (Å²) in [5.41, 5.74) is 3.20. The Morgan fingerprint density at radius 2 is 1.74 bits per heavy atom. The van der Waals surface area contributed by atoms with Crippen LogP contribution in [0.3, 0.4) is 0 Å². The van der Waals surface area contributed by atoms with Crippen LogP contribution in [0, 0.1) is 12.8 Å². The number of aromatic nitrogens is 1. The van der Waals surface area contributed by atoms with E-state index in [1.807, 2.05) is 25.1 Å². The lowest BCUT2D eigenvalue weighted by Gasteiger charge is -2.19. The van der Waals surface area contributed by atoms with Crippen molar-refractivity contribution in [1.29, 1.82) is 0 Å². The van der Waals surface area contributed by atoms with E-state index in [0.29, 0.717) is 39.1 Å². The van der Waals surface area contributed by atoms with Gasteiger partial charge in [0, 0.05) is 35.1 Å². The van der Waals surface area contributed by atoms with Crippen molar-refractivity contribution in [2.45, 2.75) is 58.6 Å². The topological polar surface area (TPSA) is 151 Å². The van der Waals surface area contributed by atoms with E-state index in [0.717, 1.165) is 30.5 Å². The second kappa shape index (κ2) is 14.6. The fourth-order valence-corrected chi connectivity index (χ4v) is 5.62. The SMILES string of the molecule is Cc1ccc(C(=O)NC2CC2)cc1Nc1nc(-c2ccc(NC(=O)CNC(=O)OC(C)(C)C)cc2)c(C(=O)NCC2C=CC=CC2)s1. The number of benzene rings is 2. The number of ether oxygens (including phenoxy) is 1. The van der Waals surface area contributed by atoms with Crippen molar-refractivity contribution in [3.8, 4) is 11.3 Å². The van der Waals surface area contributed by atoms with Crippen molar-refractivity contribution in [3.63, 3.8) is 0 Å². The third-order valence-electron chi connectivity index (χ3n) is 7.32. The smallest absolute Gasteiger partial charge is 0.408 e. The number of carbonyl (C=O) groups is 4. The molecule has 1 fully saturated rings. The second-order valence-corrected chi connectivity index (χ2v) is 13.6. The summed E-state index contributed by atoms with van der Waals surface area (Å²) in [7, 11) is 0. The Labute approximate surface area is 278 Å². The van der Waals surface area contributed by atoms with Crippen LogP contribution in [0.5, 0.6) is 0 Å². The van der Waals surface area contributed by atoms with Crippen LogP contribution in [0.15, 0.2) is 66.8 Å². The van der Waals surface area contributed by atoms with E-state index in [9.17, 15) is 19.2 Å². The fourth-order valence-electron chi connectivity index (χ4n) is 4.70. The molecule has 0 saturated heterocycles. The van der Waals surface area contributed by atoms with Crippen LogP contribution in [-0.2, 0) is 9.53 Å². The average molecular weight is 657 g/mol. The predicted octanol–water partition coefficient (Wildman–Crippen LogP) is 6.08. The Hall–Kier alpha value is -4.97. The zero-order chi connectivity index (χ0) is 33.6.